The van der Waals surface area contributed by atoms with Crippen LogP contribution in [-0.2, 0) is 19.0 Å². The van der Waals surface area contributed by atoms with Gasteiger partial charge in [-0.2, -0.15) is 0 Å². The Labute approximate surface area is 231 Å². The number of rotatable bonds is 12. The van der Waals surface area contributed by atoms with E-state index in [0.717, 1.165) is 70.5 Å². The summed E-state index contributed by atoms with van der Waals surface area (Å²) in [5.74, 6) is 0.484. The Kier molecular flexibility index (Phi) is 15.6. The molecule has 9 nitrogen and oxygen atoms in total. The minimum Gasteiger partial charge on any atom is -0.453 e. The molecule has 0 bridgehead atoms. The zero-order valence-electron chi connectivity index (χ0n) is 22.8. The zero-order chi connectivity index (χ0) is 27.8. The van der Waals surface area contributed by atoms with E-state index in [2.05, 4.69) is 32.6 Å². The van der Waals surface area contributed by atoms with E-state index in [1.165, 1.54) is 25.7 Å². The average molecular weight is 559 g/mol. The number of amides is 2. The van der Waals surface area contributed by atoms with Crippen molar-refractivity contribution in [3.8, 4) is 0 Å². The number of alkyl carbamates (subject to hydrolysis) is 1. The molecule has 2 aliphatic heterocycles. The first-order valence-corrected chi connectivity index (χ1v) is 13.7. The van der Waals surface area contributed by atoms with Crippen LogP contribution in [0.3, 0.4) is 0 Å². The number of carbonyl (C=O) groups is 2. The normalized spacial score (nSPS) is 21.4. The number of carbonyl (C=O) groups excluding carboxylic acids is 2. The van der Waals surface area contributed by atoms with Crippen molar-refractivity contribution in [3.63, 3.8) is 0 Å². The highest BCUT2D eigenvalue weighted by Gasteiger charge is 2.28. The van der Waals surface area contributed by atoms with Gasteiger partial charge in [0.05, 0.1) is 19.8 Å². The van der Waals surface area contributed by atoms with Crippen LogP contribution in [0.25, 0.3) is 0 Å². The fourth-order valence-electron chi connectivity index (χ4n) is 5.06. The molecular formula is C27H44ClFN4O5. The number of nitrogens with one attached hydrogen (secondary N) is 3. The second kappa shape index (κ2) is 18.3. The van der Waals surface area contributed by atoms with Crippen molar-refractivity contribution in [1.82, 2.24) is 20.9 Å². The minimum atomic E-state index is -0.499. The average Bonchev–Trinajstić information content (AvgIpc) is 2.89. The van der Waals surface area contributed by atoms with Crippen LogP contribution in [0.4, 0.5) is 9.18 Å². The number of ether oxygens (including phenoxy) is 3. The van der Waals surface area contributed by atoms with Crippen molar-refractivity contribution in [2.24, 2.45) is 11.8 Å². The van der Waals surface area contributed by atoms with E-state index in [4.69, 9.17) is 21.1 Å². The van der Waals surface area contributed by atoms with Crippen LogP contribution < -0.4 is 16.0 Å². The number of halogens is 2. The van der Waals surface area contributed by atoms with Gasteiger partial charge in [-0.25, -0.2) is 9.18 Å². The van der Waals surface area contributed by atoms with Crippen LogP contribution in [-0.4, -0.2) is 90.6 Å². The van der Waals surface area contributed by atoms with Gasteiger partial charge in [-0.15, -0.1) is 0 Å². The summed E-state index contributed by atoms with van der Waals surface area (Å²) in [5, 5.41) is 8.85. The van der Waals surface area contributed by atoms with Crippen LogP contribution in [0.1, 0.15) is 43.8 Å². The van der Waals surface area contributed by atoms with Gasteiger partial charge in [-0.1, -0.05) is 11.6 Å². The number of hydrogen-bond donors (Lipinski definition) is 3. The molecular weight excluding hydrogens is 515 g/mol. The highest BCUT2D eigenvalue weighted by molar-refractivity contribution is 6.30. The monoisotopic (exact) mass is 558 g/mol. The predicted molar refractivity (Wildman–Crippen MR) is 146 cm³/mol. The van der Waals surface area contributed by atoms with Crippen molar-refractivity contribution < 1.29 is 28.2 Å². The van der Waals surface area contributed by atoms with Crippen LogP contribution in [0.5, 0.6) is 0 Å². The number of benzene rings is 1. The fraction of sp³-hybridized carbons (Fsp3) is 0.704. The summed E-state index contributed by atoms with van der Waals surface area (Å²) in [6, 6.07) is 4.74. The first-order valence-electron chi connectivity index (χ1n) is 13.4. The van der Waals surface area contributed by atoms with Crippen molar-refractivity contribution in [2.45, 2.75) is 44.2 Å². The molecule has 2 aliphatic rings. The Morgan fingerprint density at radius 3 is 2.76 bits per heavy atom. The van der Waals surface area contributed by atoms with Crippen LogP contribution in [0.15, 0.2) is 18.2 Å². The summed E-state index contributed by atoms with van der Waals surface area (Å²) in [6.07, 6.45) is 5.49. The predicted octanol–water partition coefficient (Wildman–Crippen LogP) is 3.37. The molecule has 216 valence electrons. The highest BCUT2D eigenvalue weighted by atomic mass is 35.5. The van der Waals surface area contributed by atoms with Gasteiger partial charge in [0.25, 0.3) is 0 Å². The van der Waals surface area contributed by atoms with Gasteiger partial charge in [-0.3, -0.25) is 4.79 Å². The Hall–Kier alpha value is -1.98. The summed E-state index contributed by atoms with van der Waals surface area (Å²) < 4.78 is 29.7. The Morgan fingerprint density at radius 2 is 2.13 bits per heavy atom. The summed E-state index contributed by atoms with van der Waals surface area (Å²) in [4.78, 5) is 23.7. The molecule has 0 spiro atoms. The second-order valence-electron chi connectivity index (χ2n) is 9.94. The summed E-state index contributed by atoms with van der Waals surface area (Å²) in [7, 11) is 5.28. The number of nitrogens with zero attached hydrogens (tertiary/aromatic N) is 1. The lowest BCUT2D eigenvalue weighted by Crippen LogP contribution is -2.39. The molecule has 4 unspecified atom stereocenters. The lowest BCUT2D eigenvalue weighted by atomic mass is 9.88. The standard InChI is InChI=1S/C17H24ClFN2O3.C10H20N2O2/c1-21-6-3-4-12(11-21)16(24-7-5-20-17(22)23-2)13-8-14(18)10-15(19)9-13;1-11-6-10(12-8-13)5-9-3-2-4-14-7-9/h8-10,12,16H,3-7,11H2,1-2H3,(H,20,22);8-11H,2-7H2,1H3,(H,12,13). The maximum absolute atomic E-state index is 13.7. The second-order valence-corrected chi connectivity index (χ2v) is 10.4. The molecule has 38 heavy (non-hydrogen) atoms. The van der Waals surface area contributed by atoms with Gasteiger partial charge in [0.15, 0.2) is 0 Å². The molecule has 11 heteroatoms. The lowest BCUT2D eigenvalue weighted by Gasteiger charge is -2.35. The molecule has 2 fully saturated rings. The molecule has 2 saturated heterocycles. The summed E-state index contributed by atoms with van der Waals surface area (Å²) in [5.41, 5.74) is 0.735. The quantitative estimate of drug-likeness (QED) is 0.267. The van der Waals surface area contributed by atoms with Crippen LogP contribution in [0.2, 0.25) is 5.02 Å². The van der Waals surface area contributed by atoms with Gasteiger partial charge in [0.2, 0.25) is 6.41 Å². The lowest BCUT2D eigenvalue weighted by molar-refractivity contribution is -0.110. The molecule has 3 N–H and O–H groups in total. The third kappa shape index (κ3) is 12.3. The third-order valence-corrected chi connectivity index (χ3v) is 7.00. The van der Waals surface area contributed by atoms with Gasteiger partial charge in [0.1, 0.15) is 5.82 Å². The molecule has 0 aliphatic carbocycles. The van der Waals surface area contributed by atoms with Crippen LogP contribution in [0, 0.1) is 17.7 Å². The SMILES string of the molecule is CNCC(CC1CCCOC1)NC=O.COC(=O)NCCOC(c1cc(F)cc(Cl)c1)C1CCCN(C)C1. The molecule has 2 heterocycles. The third-order valence-electron chi connectivity index (χ3n) is 6.78. The molecule has 0 radical (unpaired) electrons. The number of hydrogen-bond acceptors (Lipinski definition) is 7. The van der Waals surface area contributed by atoms with Gasteiger partial charge in [0, 0.05) is 49.8 Å². The number of likely N-dealkylation sites (tertiary alicyclic amines) is 1. The number of likely N-dealkylation sites (N-methyl/N-ethyl adjacent to an activating group) is 1. The van der Waals surface area contributed by atoms with Gasteiger partial charge < -0.3 is 35.1 Å². The van der Waals surface area contributed by atoms with Crippen LogP contribution >= 0.6 is 11.6 Å². The topological polar surface area (TPSA) is 101 Å². The van der Waals surface area contributed by atoms with Crippen molar-refractivity contribution in [3.05, 3.63) is 34.6 Å². The highest BCUT2D eigenvalue weighted by Crippen LogP contribution is 2.34. The Morgan fingerprint density at radius 1 is 1.32 bits per heavy atom. The van der Waals surface area contributed by atoms with E-state index >= 15 is 0 Å². The molecule has 1 aromatic rings. The molecule has 1 aromatic carbocycles. The maximum atomic E-state index is 13.7. The molecule has 2 amide bonds. The van der Waals surface area contributed by atoms with Crippen molar-refractivity contribution in [1.29, 1.82) is 0 Å². The van der Waals surface area contributed by atoms with E-state index < -0.39 is 6.09 Å². The van der Waals surface area contributed by atoms with Gasteiger partial charge >= 0.3 is 6.09 Å². The molecule has 0 saturated carbocycles. The Bertz CT molecular complexity index is 810. The van der Waals surface area contributed by atoms with E-state index in [1.807, 2.05) is 7.05 Å². The van der Waals surface area contributed by atoms with Crippen molar-refractivity contribution in [2.75, 3.05) is 67.2 Å². The van der Waals surface area contributed by atoms with E-state index in [9.17, 15) is 14.0 Å². The zero-order valence-corrected chi connectivity index (χ0v) is 23.6. The molecule has 0 aromatic heterocycles. The van der Waals surface area contributed by atoms with E-state index in [0.29, 0.717) is 24.1 Å². The first kappa shape index (κ1) is 32.2. The van der Waals surface area contributed by atoms with Crippen molar-refractivity contribution >= 4 is 24.1 Å². The minimum absolute atomic E-state index is 0.240. The van der Waals surface area contributed by atoms with E-state index in [-0.39, 0.29) is 23.9 Å². The first-order chi connectivity index (χ1) is 18.4. The number of methoxy groups -OCH3 is 1. The summed E-state index contributed by atoms with van der Waals surface area (Å²) >= 11 is 6.00. The fourth-order valence-corrected chi connectivity index (χ4v) is 5.29. The summed E-state index contributed by atoms with van der Waals surface area (Å²) in [6.45, 7) is 5.15. The maximum Gasteiger partial charge on any atom is 0.406 e. The van der Waals surface area contributed by atoms with E-state index in [1.54, 1.807) is 6.07 Å². The molecule has 3 rings (SSSR count). The molecule has 4 atom stereocenters. The smallest absolute Gasteiger partial charge is 0.406 e. The number of piperidine rings is 1. The van der Waals surface area contributed by atoms with Gasteiger partial charge in [-0.05, 0) is 82.4 Å². The Balaban J connectivity index is 0.000000308. The largest absolute Gasteiger partial charge is 0.453 e.